The molecule has 0 aliphatic carbocycles. The van der Waals surface area contributed by atoms with Gasteiger partial charge in [0.05, 0.1) is 12.7 Å². The van der Waals surface area contributed by atoms with E-state index in [1.54, 1.807) is 13.2 Å². The van der Waals surface area contributed by atoms with Gasteiger partial charge in [-0.05, 0) is 49.4 Å². The molecule has 1 amide bonds. The van der Waals surface area contributed by atoms with Crippen LogP contribution < -0.4 is 14.8 Å². The second-order valence-corrected chi connectivity index (χ2v) is 6.34. The van der Waals surface area contributed by atoms with Gasteiger partial charge in [-0.2, -0.15) is 5.26 Å². The van der Waals surface area contributed by atoms with Gasteiger partial charge in [0.2, 0.25) is 0 Å². The minimum atomic E-state index is -1.06. The van der Waals surface area contributed by atoms with E-state index in [2.05, 4.69) is 5.32 Å². The number of amides is 1. The molecule has 0 saturated carbocycles. The van der Waals surface area contributed by atoms with Crippen LogP contribution in [0, 0.1) is 11.3 Å². The number of benzene rings is 2. The van der Waals surface area contributed by atoms with Crippen LogP contribution in [0.25, 0.3) is 6.08 Å². The molecule has 1 atom stereocenters. The smallest absolute Gasteiger partial charge is 0.335 e. The number of hydrogen-bond donors (Lipinski definition) is 2. The van der Waals surface area contributed by atoms with Gasteiger partial charge in [0, 0.05) is 23.2 Å². The van der Waals surface area contributed by atoms with Gasteiger partial charge in [0.1, 0.15) is 29.2 Å². The fourth-order valence-corrected chi connectivity index (χ4v) is 2.95. The van der Waals surface area contributed by atoms with Crippen molar-refractivity contribution in [2.45, 2.75) is 19.4 Å². The van der Waals surface area contributed by atoms with E-state index in [0.717, 1.165) is 12.0 Å². The molecule has 1 unspecified atom stereocenters. The van der Waals surface area contributed by atoms with Crippen LogP contribution in [0.15, 0.2) is 42.0 Å². The number of carbonyl (C=O) groups excluding carboxylic acids is 1. The Bertz CT molecular complexity index is 1000. The van der Waals surface area contributed by atoms with E-state index in [0.29, 0.717) is 22.7 Å². The second kappa shape index (κ2) is 7.84. The largest absolute Gasteiger partial charge is 0.497 e. The third-order valence-corrected chi connectivity index (χ3v) is 4.28. The lowest BCUT2D eigenvalue weighted by Gasteiger charge is -2.10. The highest BCUT2D eigenvalue weighted by Gasteiger charge is 2.23. The summed E-state index contributed by atoms with van der Waals surface area (Å²) in [5, 5.41) is 21.0. The number of hydrogen-bond acceptors (Lipinski definition) is 5. The molecule has 28 heavy (non-hydrogen) atoms. The monoisotopic (exact) mass is 378 g/mol. The lowest BCUT2D eigenvalue weighted by atomic mass is 10.0. The molecule has 7 nitrogen and oxygen atoms in total. The van der Waals surface area contributed by atoms with E-state index in [9.17, 15) is 14.9 Å². The molecule has 3 rings (SSSR count). The maximum absolute atomic E-state index is 12.5. The second-order valence-electron chi connectivity index (χ2n) is 6.34. The number of rotatable bonds is 5. The highest BCUT2D eigenvalue weighted by Crippen LogP contribution is 2.37. The molecule has 2 aromatic rings. The zero-order valence-corrected chi connectivity index (χ0v) is 15.4. The minimum Gasteiger partial charge on any atom is -0.497 e. The fourth-order valence-electron chi connectivity index (χ4n) is 2.95. The van der Waals surface area contributed by atoms with Gasteiger partial charge in [-0.1, -0.05) is 0 Å². The maximum Gasteiger partial charge on any atom is 0.335 e. The van der Waals surface area contributed by atoms with E-state index < -0.39 is 11.9 Å². The molecule has 0 radical (unpaired) electrons. The summed E-state index contributed by atoms with van der Waals surface area (Å²) in [4.78, 5) is 23.4. The highest BCUT2D eigenvalue weighted by molar-refractivity contribution is 6.10. The third kappa shape index (κ3) is 3.96. The van der Waals surface area contributed by atoms with E-state index in [4.69, 9.17) is 14.6 Å². The molecule has 1 aliphatic heterocycles. The lowest BCUT2D eigenvalue weighted by molar-refractivity contribution is -0.112. The molecule has 1 aliphatic rings. The quantitative estimate of drug-likeness (QED) is 0.611. The summed E-state index contributed by atoms with van der Waals surface area (Å²) >= 11 is 0. The SMILES string of the molecule is COc1cc(C=C(C#N)C(=O)Nc2ccc(C(=O)O)cc2)c2c(c1)CC(C)O2. The lowest BCUT2D eigenvalue weighted by Crippen LogP contribution is -2.13. The minimum absolute atomic E-state index is 0.00127. The van der Waals surface area contributed by atoms with Crippen LogP contribution in [0.1, 0.15) is 28.4 Å². The van der Waals surface area contributed by atoms with Crippen molar-refractivity contribution in [1.82, 2.24) is 0 Å². The van der Waals surface area contributed by atoms with Crippen LogP contribution >= 0.6 is 0 Å². The molecule has 1 heterocycles. The van der Waals surface area contributed by atoms with E-state index in [1.165, 1.54) is 30.3 Å². The van der Waals surface area contributed by atoms with Gasteiger partial charge in [0.25, 0.3) is 5.91 Å². The Labute approximate surface area is 161 Å². The number of nitrogens with one attached hydrogen (secondary N) is 1. The number of methoxy groups -OCH3 is 1. The van der Waals surface area contributed by atoms with Gasteiger partial charge in [0.15, 0.2) is 0 Å². The van der Waals surface area contributed by atoms with Gasteiger partial charge < -0.3 is 19.9 Å². The van der Waals surface area contributed by atoms with Gasteiger partial charge in [-0.25, -0.2) is 4.79 Å². The summed E-state index contributed by atoms with van der Waals surface area (Å²) in [5.41, 5.74) is 1.93. The third-order valence-electron chi connectivity index (χ3n) is 4.28. The first-order valence-electron chi connectivity index (χ1n) is 8.55. The highest BCUT2D eigenvalue weighted by atomic mass is 16.5. The molecular formula is C21H18N2O5. The van der Waals surface area contributed by atoms with Crippen LogP contribution in [0.5, 0.6) is 11.5 Å². The average Bonchev–Trinajstić information content (AvgIpc) is 3.06. The zero-order chi connectivity index (χ0) is 20.3. The number of aromatic carboxylic acids is 1. The molecule has 7 heteroatoms. The summed E-state index contributed by atoms with van der Waals surface area (Å²) in [6.45, 7) is 1.94. The number of carboxylic acid groups (broad SMARTS) is 1. The van der Waals surface area contributed by atoms with E-state index in [-0.39, 0.29) is 17.2 Å². The number of nitrogens with zero attached hydrogens (tertiary/aromatic N) is 1. The number of ether oxygens (including phenoxy) is 2. The van der Waals surface area contributed by atoms with Gasteiger partial charge in [-0.3, -0.25) is 4.79 Å². The van der Waals surface area contributed by atoms with Crippen molar-refractivity contribution in [3.05, 3.63) is 58.7 Å². The van der Waals surface area contributed by atoms with Crippen LogP contribution in [0.4, 0.5) is 5.69 Å². The number of carboxylic acids is 1. The van der Waals surface area contributed by atoms with Crippen molar-refractivity contribution in [3.63, 3.8) is 0 Å². The number of nitriles is 1. The van der Waals surface area contributed by atoms with Crippen molar-refractivity contribution in [1.29, 1.82) is 5.26 Å². The topological polar surface area (TPSA) is 109 Å². The summed E-state index contributed by atoms with van der Waals surface area (Å²) in [6, 6.07) is 11.2. The van der Waals surface area contributed by atoms with Crippen molar-refractivity contribution >= 4 is 23.6 Å². The molecule has 2 N–H and O–H groups in total. The Hall–Kier alpha value is -3.79. The molecule has 142 valence electrons. The molecule has 0 spiro atoms. The number of anilines is 1. The van der Waals surface area contributed by atoms with Crippen molar-refractivity contribution < 1.29 is 24.2 Å². The van der Waals surface area contributed by atoms with Crippen LogP contribution in [-0.2, 0) is 11.2 Å². The first-order chi connectivity index (χ1) is 13.4. The summed E-state index contributed by atoms with van der Waals surface area (Å²) in [6.07, 6.45) is 2.18. The fraction of sp³-hybridized carbons (Fsp3) is 0.190. The molecular weight excluding hydrogens is 360 g/mol. The van der Waals surface area contributed by atoms with Crippen LogP contribution in [-0.4, -0.2) is 30.2 Å². The molecule has 0 saturated heterocycles. The van der Waals surface area contributed by atoms with Crippen molar-refractivity contribution in [2.75, 3.05) is 12.4 Å². The van der Waals surface area contributed by atoms with Gasteiger partial charge in [-0.15, -0.1) is 0 Å². The Morgan fingerprint density at radius 1 is 1.32 bits per heavy atom. The van der Waals surface area contributed by atoms with Crippen molar-refractivity contribution in [2.24, 2.45) is 0 Å². The summed E-state index contributed by atoms with van der Waals surface area (Å²) < 4.78 is 11.1. The Kier molecular flexibility index (Phi) is 5.32. The Balaban J connectivity index is 1.88. The maximum atomic E-state index is 12.5. The zero-order valence-electron chi connectivity index (χ0n) is 15.4. The Morgan fingerprint density at radius 2 is 2.04 bits per heavy atom. The summed E-state index contributed by atoms with van der Waals surface area (Å²) in [5.74, 6) is -0.408. The number of carbonyl (C=O) groups is 2. The average molecular weight is 378 g/mol. The van der Waals surface area contributed by atoms with Crippen LogP contribution in [0.2, 0.25) is 0 Å². The standard InChI is InChI=1S/C21H18N2O5/c1-12-7-14-9-18(27-2)10-15(19(14)28-12)8-16(11-22)20(24)23-17-5-3-13(4-6-17)21(25)26/h3-6,8-10,12H,7H2,1-2H3,(H,23,24)(H,25,26). The predicted octanol–water partition coefficient (Wildman–Crippen LogP) is 3.26. The Morgan fingerprint density at radius 3 is 2.64 bits per heavy atom. The molecule has 2 aromatic carbocycles. The predicted molar refractivity (Wildman–Crippen MR) is 102 cm³/mol. The normalized spacial score (nSPS) is 15.2. The van der Waals surface area contributed by atoms with Crippen LogP contribution in [0.3, 0.4) is 0 Å². The molecule has 0 bridgehead atoms. The first kappa shape index (κ1) is 19.0. The van der Waals surface area contributed by atoms with E-state index in [1.807, 2.05) is 19.1 Å². The first-order valence-corrected chi connectivity index (χ1v) is 8.55. The van der Waals surface area contributed by atoms with Crippen molar-refractivity contribution in [3.8, 4) is 17.6 Å². The summed E-state index contributed by atoms with van der Waals surface area (Å²) in [7, 11) is 1.55. The number of fused-ring (bicyclic) bond motifs is 1. The molecule has 0 aromatic heterocycles. The van der Waals surface area contributed by atoms with Gasteiger partial charge >= 0.3 is 5.97 Å². The van der Waals surface area contributed by atoms with E-state index >= 15 is 0 Å². The molecule has 0 fully saturated rings.